The molecule has 1 amide bonds. The van der Waals surface area contributed by atoms with Gasteiger partial charge in [0.05, 0.1) is 5.54 Å². The summed E-state index contributed by atoms with van der Waals surface area (Å²) in [5.41, 5.74) is 6.60. The molecule has 23 heavy (non-hydrogen) atoms. The Bertz CT molecular complexity index is 710. The number of nitrogens with two attached hydrogens (primary N) is 1. The van der Waals surface area contributed by atoms with E-state index in [1.54, 1.807) is 12.1 Å². The van der Waals surface area contributed by atoms with Crippen LogP contribution in [-0.2, 0) is 0 Å². The zero-order valence-corrected chi connectivity index (χ0v) is 13.6. The lowest BCUT2D eigenvalue weighted by Gasteiger charge is -2.31. The van der Waals surface area contributed by atoms with E-state index < -0.39 is 11.1 Å². The minimum Gasteiger partial charge on any atom is -0.345 e. The largest absolute Gasteiger partial charge is 0.345 e. The third-order valence-corrected chi connectivity index (χ3v) is 4.36. The minimum atomic E-state index is -0.471. The maximum Gasteiger partial charge on any atom is 0.261 e. The molecule has 4 N–H and O–H groups in total. The van der Waals surface area contributed by atoms with Gasteiger partial charge in [-0.25, -0.2) is 0 Å². The molecule has 122 valence electrons. The fraction of sp³-hybridized carbons (Fsp3) is 0.333. The molecule has 0 aliphatic heterocycles. The highest BCUT2D eigenvalue weighted by atomic mass is 16.2. The molecule has 0 spiro atoms. The third-order valence-electron chi connectivity index (χ3n) is 4.36. The quantitative estimate of drug-likeness (QED) is 0.764. The van der Waals surface area contributed by atoms with Gasteiger partial charge in [0.25, 0.3) is 11.5 Å². The van der Waals surface area contributed by atoms with Gasteiger partial charge in [-0.3, -0.25) is 9.59 Å². The SMILES string of the molecule is CCC(CC)(CN)NC(=O)c1ccc(-c2ccccc2)[nH]c1=O. The Morgan fingerprint density at radius 2 is 1.78 bits per heavy atom. The van der Waals surface area contributed by atoms with Crippen molar-refractivity contribution < 1.29 is 4.79 Å². The van der Waals surface area contributed by atoms with Crippen LogP contribution in [-0.4, -0.2) is 23.0 Å². The predicted octanol–water partition coefficient (Wildman–Crippen LogP) is 2.29. The molecule has 2 rings (SSSR count). The molecule has 0 radical (unpaired) electrons. The number of H-pyrrole nitrogens is 1. The van der Waals surface area contributed by atoms with Crippen LogP contribution in [0.3, 0.4) is 0 Å². The number of amides is 1. The van der Waals surface area contributed by atoms with E-state index in [0.717, 1.165) is 5.56 Å². The summed E-state index contributed by atoms with van der Waals surface area (Å²) in [4.78, 5) is 27.4. The summed E-state index contributed by atoms with van der Waals surface area (Å²) in [5, 5.41) is 2.91. The Hall–Kier alpha value is -2.40. The molecule has 0 unspecified atom stereocenters. The molecule has 1 heterocycles. The predicted molar refractivity (Wildman–Crippen MR) is 92.3 cm³/mol. The fourth-order valence-corrected chi connectivity index (χ4v) is 2.51. The molecule has 1 aromatic carbocycles. The zero-order valence-electron chi connectivity index (χ0n) is 13.6. The Morgan fingerprint density at radius 1 is 1.13 bits per heavy atom. The number of nitrogens with one attached hydrogen (secondary N) is 2. The van der Waals surface area contributed by atoms with Gasteiger partial charge in [0.15, 0.2) is 0 Å². The standard InChI is InChI=1S/C18H23N3O2/c1-3-18(4-2,12-19)21-17(23)14-10-11-15(20-16(14)22)13-8-6-5-7-9-13/h5-11H,3-4,12,19H2,1-2H3,(H,20,22)(H,21,23). The van der Waals surface area contributed by atoms with Crippen molar-refractivity contribution in [2.24, 2.45) is 5.73 Å². The van der Waals surface area contributed by atoms with Crippen molar-refractivity contribution in [1.29, 1.82) is 0 Å². The summed E-state index contributed by atoms with van der Waals surface area (Å²) >= 11 is 0. The molecule has 5 heteroatoms. The first-order valence-corrected chi connectivity index (χ1v) is 7.86. The van der Waals surface area contributed by atoms with Crippen LogP contribution in [0.15, 0.2) is 47.3 Å². The Kier molecular flexibility index (Phi) is 5.34. The number of carbonyl (C=O) groups excluding carboxylic acids is 1. The summed E-state index contributed by atoms with van der Waals surface area (Å²) in [6, 6.07) is 12.8. The molecular weight excluding hydrogens is 290 g/mol. The van der Waals surface area contributed by atoms with E-state index in [2.05, 4.69) is 10.3 Å². The van der Waals surface area contributed by atoms with Gasteiger partial charge < -0.3 is 16.0 Å². The fourth-order valence-electron chi connectivity index (χ4n) is 2.51. The molecular formula is C18H23N3O2. The summed E-state index contributed by atoms with van der Waals surface area (Å²) in [6.07, 6.45) is 1.43. The topological polar surface area (TPSA) is 88.0 Å². The van der Waals surface area contributed by atoms with Crippen LogP contribution in [0, 0.1) is 0 Å². The van der Waals surface area contributed by atoms with Crippen LogP contribution in [0.1, 0.15) is 37.0 Å². The van der Waals surface area contributed by atoms with Gasteiger partial charge in [0, 0.05) is 12.2 Å². The van der Waals surface area contributed by atoms with E-state index in [1.165, 1.54) is 0 Å². The highest BCUT2D eigenvalue weighted by Gasteiger charge is 2.27. The van der Waals surface area contributed by atoms with Crippen molar-refractivity contribution in [3.8, 4) is 11.3 Å². The first-order chi connectivity index (χ1) is 11.0. The minimum absolute atomic E-state index is 0.101. The number of rotatable bonds is 6. The smallest absolute Gasteiger partial charge is 0.261 e. The van der Waals surface area contributed by atoms with E-state index >= 15 is 0 Å². The lowest BCUT2D eigenvalue weighted by atomic mass is 9.92. The zero-order chi connectivity index (χ0) is 16.9. The van der Waals surface area contributed by atoms with E-state index in [1.807, 2.05) is 44.2 Å². The molecule has 0 saturated heterocycles. The average molecular weight is 313 g/mol. The maximum atomic E-state index is 12.4. The first-order valence-electron chi connectivity index (χ1n) is 7.86. The summed E-state index contributed by atoms with van der Waals surface area (Å²) in [7, 11) is 0. The van der Waals surface area contributed by atoms with Crippen molar-refractivity contribution in [3.05, 3.63) is 58.4 Å². The molecule has 0 aliphatic rings. The van der Waals surface area contributed by atoms with E-state index in [0.29, 0.717) is 25.1 Å². The molecule has 0 atom stereocenters. The van der Waals surface area contributed by atoms with Crippen LogP contribution in [0.4, 0.5) is 0 Å². The summed E-state index contributed by atoms with van der Waals surface area (Å²) in [5.74, 6) is -0.389. The van der Waals surface area contributed by atoms with Gasteiger partial charge in [-0.1, -0.05) is 44.2 Å². The third kappa shape index (κ3) is 3.68. The number of hydrogen-bond donors (Lipinski definition) is 3. The monoisotopic (exact) mass is 313 g/mol. The molecule has 5 nitrogen and oxygen atoms in total. The van der Waals surface area contributed by atoms with Crippen LogP contribution >= 0.6 is 0 Å². The number of aromatic amines is 1. The van der Waals surface area contributed by atoms with Gasteiger partial charge in [0.1, 0.15) is 5.56 Å². The number of carbonyl (C=O) groups is 1. The lowest BCUT2D eigenvalue weighted by Crippen LogP contribution is -2.53. The highest BCUT2D eigenvalue weighted by Crippen LogP contribution is 2.16. The number of aromatic nitrogens is 1. The molecule has 1 aromatic heterocycles. The molecule has 0 fully saturated rings. The number of pyridine rings is 1. The number of hydrogen-bond acceptors (Lipinski definition) is 3. The molecule has 0 aliphatic carbocycles. The van der Waals surface area contributed by atoms with Gasteiger partial charge in [-0.05, 0) is 30.5 Å². The summed E-state index contributed by atoms with van der Waals surface area (Å²) < 4.78 is 0. The van der Waals surface area contributed by atoms with Gasteiger partial charge in [-0.15, -0.1) is 0 Å². The van der Waals surface area contributed by atoms with Crippen LogP contribution in [0.2, 0.25) is 0 Å². The molecule has 2 aromatic rings. The van der Waals surface area contributed by atoms with Crippen molar-refractivity contribution in [2.75, 3.05) is 6.54 Å². The maximum absolute atomic E-state index is 12.4. The second kappa shape index (κ2) is 7.24. The van der Waals surface area contributed by atoms with Crippen molar-refractivity contribution in [2.45, 2.75) is 32.2 Å². The Balaban J connectivity index is 2.28. The van der Waals surface area contributed by atoms with E-state index in [-0.39, 0.29) is 11.5 Å². The van der Waals surface area contributed by atoms with Crippen LogP contribution < -0.4 is 16.6 Å². The second-order valence-electron chi connectivity index (χ2n) is 5.63. The van der Waals surface area contributed by atoms with E-state index in [4.69, 9.17) is 5.73 Å². The number of benzene rings is 1. The van der Waals surface area contributed by atoms with Gasteiger partial charge in [-0.2, -0.15) is 0 Å². The molecule has 0 bridgehead atoms. The Labute approximate surface area is 135 Å². The first kappa shape index (κ1) is 17.0. The normalized spacial score (nSPS) is 11.3. The van der Waals surface area contributed by atoms with Crippen molar-refractivity contribution in [1.82, 2.24) is 10.3 Å². The second-order valence-corrected chi connectivity index (χ2v) is 5.63. The Morgan fingerprint density at radius 3 is 2.30 bits per heavy atom. The van der Waals surface area contributed by atoms with Crippen molar-refractivity contribution >= 4 is 5.91 Å². The average Bonchev–Trinajstić information content (AvgIpc) is 2.60. The van der Waals surface area contributed by atoms with E-state index in [9.17, 15) is 9.59 Å². The van der Waals surface area contributed by atoms with Gasteiger partial charge in [0.2, 0.25) is 0 Å². The van der Waals surface area contributed by atoms with Crippen LogP contribution in [0.25, 0.3) is 11.3 Å². The highest BCUT2D eigenvalue weighted by molar-refractivity contribution is 5.94. The van der Waals surface area contributed by atoms with Gasteiger partial charge >= 0.3 is 0 Å². The summed E-state index contributed by atoms with van der Waals surface area (Å²) in [6.45, 7) is 4.28. The van der Waals surface area contributed by atoms with Crippen LogP contribution in [0.5, 0.6) is 0 Å². The molecule has 0 saturated carbocycles. The van der Waals surface area contributed by atoms with Crippen molar-refractivity contribution in [3.63, 3.8) is 0 Å². The lowest BCUT2D eigenvalue weighted by molar-refractivity contribution is 0.0893.